The number of ether oxygens (including phenoxy) is 2. The molecule has 6 rings (SSSR count). The van der Waals surface area contributed by atoms with Gasteiger partial charge in [0, 0.05) is 51.2 Å². The number of fused-ring (bicyclic) bond motifs is 2. The number of nitrogens with zero attached hydrogens (tertiary/aromatic N) is 3. The summed E-state index contributed by atoms with van der Waals surface area (Å²) in [5.41, 5.74) is 4.00. The smallest absolute Gasteiger partial charge is 0.380 e. The number of ketones is 1. The molecule has 2 aromatic rings. The van der Waals surface area contributed by atoms with Crippen molar-refractivity contribution in [2.75, 3.05) is 39.4 Å². The van der Waals surface area contributed by atoms with Gasteiger partial charge in [-0.3, -0.25) is 14.6 Å². The second-order valence-corrected chi connectivity index (χ2v) is 11.7. The number of Topliss-reactive ketones (excluding diaryl/α,β-unsaturated/α-hetero) is 1. The Labute approximate surface area is 218 Å². The number of hydrogen-bond acceptors (Lipinski definition) is 7. The van der Waals surface area contributed by atoms with Gasteiger partial charge in [0.05, 0.1) is 47.0 Å². The molecule has 200 valence electrons. The minimum atomic E-state index is -4.36. The van der Waals surface area contributed by atoms with Crippen molar-refractivity contribution in [3.63, 3.8) is 0 Å². The Morgan fingerprint density at radius 1 is 1.19 bits per heavy atom. The zero-order valence-electron chi connectivity index (χ0n) is 20.7. The van der Waals surface area contributed by atoms with E-state index in [1.54, 1.807) is 17.4 Å². The lowest BCUT2D eigenvalue weighted by Gasteiger charge is -2.29. The van der Waals surface area contributed by atoms with Gasteiger partial charge in [-0.2, -0.15) is 13.2 Å². The first kappa shape index (κ1) is 25.4. The molecule has 10 heteroatoms. The van der Waals surface area contributed by atoms with E-state index in [1.807, 2.05) is 10.4 Å². The second-order valence-electron chi connectivity index (χ2n) is 10.8. The predicted octanol–water partition coefficient (Wildman–Crippen LogP) is 4.27. The van der Waals surface area contributed by atoms with E-state index < -0.39 is 11.7 Å². The molecule has 1 aromatic carbocycles. The van der Waals surface area contributed by atoms with Crippen LogP contribution in [0.5, 0.6) is 0 Å². The summed E-state index contributed by atoms with van der Waals surface area (Å²) in [7, 11) is 0. The molecule has 6 nitrogen and oxygen atoms in total. The van der Waals surface area contributed by atoms with Crippen molar-refractivity contribution in [1.29, 1.82) is 0 Å². The lowest BCUT2D eigenvalue weighted by Crippen LogP contribution is -2.36. The highest BCUT2D eigenvalue weighted by atomic mass is 32.1. The average molecular weight is 536 g/mol. The molecule has 2 saturated heterocycles. The normalized spacial score (nSPS) is 28.5. The molecular weight excluding hydrogens is 503 g/mol. The molecule has 4 heterocycles. The summed E-state index contributed by atoms with van der Waals surface area (Å²) >= 11 is 1.65. The third-order valence-corrected chi connectivity index (χ3v) is 9.26. The number of thiazole rings is 1. The Morgan fingerprint density at radius 2 is 2.08 bits per heavy atom. The monoisotopic (exact) mass is 535 g/mol. The Kier molecular flexibility index (Phi) is 7.13. The lowest BCUT2D eigenvalue weighted by atomic mass is 9.95. The zero-order valence-corrected chi connectivity index (χ0v) is 21.5. The van der Waals surface area contributed by atoms with E-state index in [0.29, 0.717) is 37.5 Å². The summed E-state index contributed by atoms with van der Waals surface area (Å²) in [5, 5.41) is 0. The van der Waals surface area contributed by atoms with Crippen LogP contribution in [-0.2, 0) is 39.8 Å². The molecule has 3 aliphatic heterocycles. The van der Waals surface area contributed by atoms with Crippen LogP contribution >= 0.6 is 11.3 Å². The van der Waals surface area contributed by atoms with E-state index in [1.165, 1.54) is 10.9 Å². The summed E-state index contributed by atoms with van der Waals surface area (Å²) in [4.78, 5) is 23.3. The van der Waals surface area contributed by atoms with Crippen molar-refractivity contribution in [1.82, 2.24) is 14.8 Å². The fraction of sp³-hybridized carbons (Fsp3) is 0.630. The molecule has 1 aromatic heterocycles. The molecule has 0 N–H and O–H groups in total. The van der Waals surface area contributed by atoms with Crippen LogP contribution in [0.2, 0.25) is 0 Å². The Balaban J connectivity index is 1.10. The van der Waals surface area contributed by atoms with Gasteiger partial charge in [-0.25, -0.2) is 4.98 Å². The van der Waals surface area contributed by atoms with E-state index >= 15 is 0 Å². The SMILES string of the molecule is O=C(CC1CN(C2CCOC2)C[C@@H]1OC1CCc2ncsc21)CN1CCc2ccc(C(F)(F)F)cc2C1. The number of halogens is 3. The van der Waals surface area contributed by atoms with Crippen molar-refractivity contribution in [2.24, 2.45) is 5.92 Å². The van der Waals surface area contributed by atoms with Crippen LogP contribution < -0.4 is 0 Å². The third kappa shape index (κ3) is 5.49. The number of alkyl halides is 3. The number of carbonyl (C=O) groups is 1. The Morgan fingerprint density at radius 3 is 2.89 bits per heavy atom. The number of hydrogen-bond donors (Lipinski definition) is 0. The highest BCUT2D eigenvalue weighted by molar-refractivity contribution is 7.09. The summed E-state index contributed by atoms with van der Waals surface area (Å²) in [6, 6.07) is 4.34. The number of likely N-dealkylation sites (tertiary alicyclic amines) is 1. The van der Waals surface area contributed by atoms with Crippen molar-refractivity contribution in [3.05, 3.63) is 51.0 Å². The van der Waals surface area contributed by atoms with Crippen LogP contribution in [-0.4, -0.2) is 72.1 Å². The molecule has 0 saturated carbocycles. The van der Waals surface area contributed by atoms with Gasteiger partial charge in [-0.15, -0.1) is 11.3 Å². The van der Waals surface area contributed by atoms with Crippen molar-refractivity contribution < 1.29 is 27.4 Å². The molecule has 3 unspecified atom stereocenters. The maximum Gasteiger partial charge on any atom is 0.416 e. The first-order valence-corrected chi connectivity index (χ1v) is 14.0. The van der Waals surface area contributed by atoms with Crippen LogP contribution in [0.1, 0.15) is 52.6 Å². The average Bonchev–Trinajstić information content (AvgIpc) is 3.65. The third-order valence-electron chi connectivity index (χ3n) is 8.29. The molecular formula is C27H32F3N3O3S. The maximum atomic E-state index is 13.2. The van der Waals surface area contributed by atoms with Crippen LogP contribution in [0.4, 0.5) is 13.2 Å². The number of rotatable bonds is 7. The van der Waals surface area contributed by atoms with Gasteiger partial charge in [-0.05, 0) is 48.9 Å². The van der Waals surface area contributed by atoms with Crippen LogP contribution in [0.15, 0.2) is 23.7 Å². The van der Waals surface area contributed by atoms with E-state index in [9.17, 15) is 18.0 Å². The van der Waals surface area contributed by atoms with Gasteiger partial charge >= 0.3 is 6.18 Å². The highest BCUT2D eigenvalue weighted by Gasteiger charge is 2.41. The van der Waals surface area contributed by atoms with Gasteiger partial charge in [-0.1, -0.05) is 6.07 Å². The standard InChI is InChI=1S/C27H32F3N3O3S/c28-27(29,30)20-2-1-17-5-7-32(11-18(17)9-20)13-22(34)10-19-12-33(21-6-8-35-15-21)14-25(19)36-24-4-3-23-26(24)37-16-31-23/h1-2,9,16,19,21,24-25H,3-8,10-15H2/t19?,21?,24?,25-/m0/s1. The molecule has 0 radical (unpaired) electrons. The van der Waals surface area contributed by atoms with Gasteiger partial charge in [0.25, 0.3) is 0 Å². The number of benzene rings is 1. The van der Waals surface area contributed by atoms with Gasteiger partial charge < -0.3 is 9.47 Å². The minimum Gasteiger partial charge on any atom is -0.380 e. The molecule has 37 heavy (non-hydrogen) atoms. The molecule has 0 amide bonds. The first-order valence-electron chi connectivity index (χ1n) is 13.2. The molecule has 1 aliphatic carbocycles. The highest BCUT2D eigenvalue weighted by Crippen LogP contribution is 2.40. The van der Waals surface area contributed by atoms with Crippen molar-refractivity contribution in [2.45, 2.75) is 63.1 Å². The first-order chi connectivity index (χ1) is 17.8. The van der Waals surface area contributed by atoms with Gasteiger partial charge in [0.1, 0.15) is 5.78 Å². The topological polar surface area (TPSA) is 54.9 Å². The van der Waals surface area contributed by atoms with E-state index in [2.05, 4.69) is 9.88 Å². The van der Waals surface area contributed by atoms with Gasteiger partial charge in [0.2, 0.25) is 0 Å². The molecule has 4 atom stereocenters. The number of aromatic nitrogens is 1. The molecule has 4 aliphatic rings. The molecule has 0 spiro atoms. The quantitative estimate of drug-likeness (QED) is 0.528. The van der Waals surface area contributed by atoms with E-state index in [4.69, 9.17) is 9.47 Å². The number of aryl methyl sites for hydroxylation is 1. The Hall–Kier alpha value is -1.85. The molecule has 0 bridgehead atoms. The Bertz CT molecular complexity index is 1130. The fourth-order valence-corrected chi connectivity index (χ4v) is 7.24. The maximum absolute atomic E-state index is 13.2. The fourth-order valence-electron chi connectivity index (χ4n) is 6.33. The predicted molar refractivity (Wildman–Crippen MR) is 132 cm³/mol. The summed E-state index contributed by atoms with van der Waals surface area (Å²) in [5.74, 6) is 0.224. The second kappa shape index (κ2) is 10.4. The number of carbonyl (C=O) groups excluding carboxylic acids is 1. The van der Waals surface area contributed by atoms with E-state index in [0.717, 1.165) is 62.9 Å². The largest absolute Gasteiger partial charge is 0.416 e. The van der Waals surface area contributed by atoms with Crippen LogP contribution in [0, 0.1) is 5.92 Å². The van der Waals surface area contributed by atoms with E-state index in [-0.39, 0.29) is 30.5 Å². The van der Waals surface area contributed by atoms with Crippen molar-refractivity contribution >= 4 is 17.1 Å². The van der Waals surface area contributed by atoms with Crippen LogP contribution in [0.3, 0.4) is 0 Å². The van der Waals surface area contributed by atoms with Crippen LogP contribution in [0.25, 0.3) is 0 Å². The molecule has 2 fully saturated rings. The van der Waals surface area contributed by atoms with Gasteiger partial charge in [0.15, 0.2) is 0 Å². The summed E-state index contributed by atoms with van der Waals surface area (Å²) in [6.45, 7) is 4.42. The minimum absolute atomic E-state index is 0.0287. The summed E-state index contributed by atoms with van der Waals surface area (Å²) in [6.07, 6.45) is -0.389. The lowest BCUT2D eigenvalue weighted by molar-refractivity contribution is -0.137. The summed E-state index contributed by atoms with van der Waals surface area (Å²) < 4.78 is 51.8. The zero-order chi connectivity index (χ0) is 25.6. The van der Waals surface area contributed by atoms with Crippen molar-refractivity contribution in [3.8, 4) is 0 Å².